The van der Waals surface area contributed by atoms with Gasteiger partial charge in [0.05, 0.1) is 11.9 Å². The molecule has 1 amide bonds. The zero-order valence-electron chi connectivity index (χ0n) is 16.9. The molecule has 30 heavy (non-hydrogen) atoms. The number of anilines is 1. The monoisotopic (exact) mass is 391 g/mol. The number of rotatable bonds is 3. The molecule has 0 aliphatic carbocycles. The van der Waals surface area contributed by atoms with Crippen LogP contribution in [0.4, 0.5) is 5.69 Å². The van der Waals surface area contributed by atoms with Gasteiger partial charge in [-0.05, 0) is 67.3 Å². The number of carbonyl (C=O) groups is 1. The maximum absolute atomic E-state index is 12.7. The van der Waals surface area contributed by atoms with Gasteiger partial charge in [0.15, 0.2) is 0 Å². The summed E-state index contributed by atoms with van der Waals surface area (Å²) < 4.78 is 0. The van der Waals surface area contributed by atoms with Gasteiger partial charge in [-0.25, -0.2) is 4.98 Å². The van der Waals surface area contributed by atoms with Crippen molar-refractivity contribution < 1.29 is 4.79 Å². The third kappa shape index (κ3) is 4.37. The molecule has 1 N–H and O–H groups in total. The highest BCUT2D eigenvalue weighted by atomic mass is 16.1. The van der Waals surface area contributed by atoms with Crippen LogP contribution in [0.3, 0.4) is 0 Å². The number of hydrogen-bond acceptors (Lipinski definition) is 3. The van der Waals surface area contributed by atoms with Crippen molar-refractivity contribution in [3.63, 3.8) is 0 Å². The minimum absolute atomic E-state index is 0.0758. The summed E-state index contributed by atoms with van der Waals surface area (Å²) in [6.45, 7) is 4.00. The van der Waals surface area contributed by atoms with Crippen LogP contribution < -0.4 is 5.32 Å². The van der Waals surface area contributed by atoms with Crippen molar-refractivity contribution in [1.29, 1.82) is 0 Å². The molecule has 0 aliphatic rings. The Morgan fingerprint density at radius 1 is 0.967 bits per heavy atom. The first-order chi connectivity index (χ1) is 14.6. The fourth-order valence-electron chi connectivity index (χ4n) is 3.44. The number of benzene rings is 2. The smallest absolute Gasteiger partial charge is 0.228 e. The average molecular weight is 391 g/mol. The highest BCUT2D eigenvalue weighted by molar-refractivity contribution is 5.94. The van der Waals surface area contributed by atoms with Gasteiger partial charge in [0, 0.05) is 28.5 Å². The molecule has 0 atom stereocenters. The van der Waals surface area contributed by atoms with Gasteiger partial charge in [-0.2, -0.15) is 0 Å². The quantitative estimate of drug-likeness (QED) is 0.509. The van der Waals surface area contributed by atoms with Crippen molar-refractivity contribution in [3.8, 4) is 11.8 Å². The van der Waals surface area contributed by atoms with Crippen molar-refractivity contribution in [3.05, 3.63) is 101 Å². The second-order valence-corrected chi connectivity index (χ2v) is 7.09. The minimum Gasteiger partial charge on any atom is -0.326 e. The number of carbonyl (C=O) groups excluding carboxylic acids is 1. The lowest BCUT2D eigenvalue weighted by atomic mass is 9.99. The zero-order chi connectivity index (χ0) is 20.9. The average Bonchev–Trinajstić information content (AvgIpc) is 2.76. The highest BCUT2D eigenvalue weighted by Gasteiger charge is 2.13. The van der Waals surface area contributed by atoms with Crippen LogP contribution in [0.2, 0.25) is 0 Å². The summed E-state index contributed by atoms with van der Waals surface area (Å²) in [5.41, 5.74) is 6.16. The van der Waals surface area contributed by atoms with Gasteiger partial charge >= 0.3 is 0 Å². The molecule has 4 nitrogen and oxygen atoms in total. The Kier molecular flexibility index (Phi) is 5.54. The van der Waals surface area contributed by atoms with E-state index in [1.165, 1.54) is 0 Å². The Bertz CT molecular complexity index is 1280. The van der Waals surface area contributed by atoms with E-state index in [1.54, 1.807) is 6.20 Å². The summed E-state index contributed by atoms with van der Waals surface area (Å²) >= 11 is 0. The number of amides is 1. The number of aryl methyl sites for hydroxylation is 2. The fraction of sp³-hybridized carbons (Fsp3) is 0.115. The molecular weight excluding hydrogens is 370 g/mol. The number of hydrogen-bond donors (Lipinski definition) is 1. The first kappa shape index (κ1) is 19.4. The number of pyridine rings is 2. The lowest BCUT2D eigenvalue weighted by Gasteiger charge is -2.13. The molecule has 2 aromatic heterocycles. The topological polar surface area (TPSA) is 54.9 Å². The zero-order valence-corrected chi connectivity index (χ0v) is 16.9. The summed E-state index contributed by atoms with van der Waals surface area (Å²) in [6, 6.07) is 21.2. The second-order valence-electron chi connectivity index (χ2n) is 7.09. The van der Waals surface area contributed by atoms with Crippen molar-refractivity contribution in [1.82, 2.24) is 9.97 Å². The van der Waals surface area contributed by atoms with Crippen LogP contribution in [0.15, 0.2) is 72.9 Å². The Labute approximate surface area is 176 Å². The van der Waals surface area contributed by atoms with E-state index in [0.717, 1.165) is 39.0 Å². The van der Waals surface area contributed by atoms with E-state index in [4.69, 9.17) is 0 Å². The summed E-state index contributed by atoms with van der Waals surface area (Å²) in [5.74, 6) is 6.04. The summed E-state index contributed by atoms with van der Waals surface area (Å²) in [7, 11) is 0. The Morgan fingerprint density at radius 3 is 2.63 bits per heavy atom. The van der Waals surface area contributed by atoms with Crippen molar-refractivity contribution in [2.45, 2.75) is 20.3 Å². The first-order valence-electron chi connectivity index (χ1n) is 9.78. The fourth-order valence-corrected chi connectivity index (χ4v) is 3.44. The predicted molar refractivity (Wildman–Crippen MR) is 120 cm³/mol. The molecule has 0 saturated heterocycles. The van der Waals surface area contributed by atoms with E-state index in [9.17, 15) is 4.79 Å². The van der Waals surface area contributed by atoms with Crippen molar-refractivity contribution in [2.24, 2.45) is 0 Å². The van der Waals surface area contributed by atoms with Gasteiger partial charge in [0.2, 0.25) is 5.91 Å². The largest absolute Gasteiger partial charge is 0.326 e. The molecule has 0 saturated carbocycles. The van der Waals surface area contributed by atoms with Gasteiger partial charge in [-0.15, -0.1) is 0 Å². The van der Waals surface area contributed by atoms with Crippen LogP contribution in [0, 0.1) is 25.7 Å². The van der Waals surface area contributed by atoms with E-state index >= 15 is 0 Å². The number of para-hydroxylation sites is 1. The lowest BCUT2D eigenvalue weighted by Crippen LogP contribution is -2.16. The minimum atomic E-state index is -0.0758. The number of nitrogens with zero attached hydrogens (tertiary/aromatic N) is 2. The van der Waals surface area contributed by atoms with Crippen LogP contribution >= 0.6 is 0 Å². The van der Waals surface area contributed by atoms with Gasteiger partial charge < -0.3 is 5.32 Å². The molecule has 4 aromatic rings. The van der Waals surface area contributed by atoms with Crippen LogP contribution in [-0.4, -0.2) is 15.9 Å². The van der Waals surface area contributed by atoms with E-state index in [1.807, 2.05) is 80.6 Å². The Balaban J connectivity index is 1.51. The van der Waals surface area contributed by atoms with Crippen LogP contribution in [0.1, 0.15) is 28.1 Å². The van der Waals surface area contributed by atoms with E-state index in [2.05, 4.69) is 27.1 Å². The molecule has 2 heterocycles. The van der Waals surface area contributed by atoms with Crippen molar-refractivity contribution >= 4 is 22.5 Å². The predicted octanol–water partition coefficient (Wildman–Crippen LogP) is 4.83. The van der Waals surface area contributed by atoms with E-state index in [-0.39, 0.29) is 12.3 Å². The summed E-state index contributed by atoms with van der Waals surface area (Å²) in [4.78, 5) is 21.6. The maximum Gasteiger partial charge on any atom is 0.228 e. The third-order valence-corrected chi connectivity index (χ3v) is 4.97. The molecular formula is C26H21N3O. The molecule has 0 unspecified atom stereocenters. The maximum atomic E-state index is 12.7. The summed E-state index contributed by atoms with van der Waals surface area (Å²) in [5, 5.41) is 4.06. The third-order valence-electron chi connectivity index (χ3n) is 4.97. The van der Waals surface area contributed by atoms with Gasteiger partial charge in [-0.3, -0.25) is 9.78 Å². The number of nitrogens with one attached hydrogen (secondary N) is 1. The van der Waals surface area contributed by atoms with Gasteiger partial charge in [0.25, 0.3) is 0 Å². The first-order valence-corrected chi connectivity index (χ1v) is 9.78. The molecule has 146 valence electrons. The second kappa shape index (κ2) is 8.59. The summed E-state index contributed by atoms with van der Waals surface area (Å²) in [6.07, 6.45) is 1.99. The normalized spacial score (nSPS) is 10.3. The molecule has 0 bridgehead atoms. The molecule has 0 aliphatic heterocycles. The van der Waals surface area contributed by atoms with Gasteiger partial charge in [-0.1, -0.05) is 36.3 Å². The Morgan fingerprint density at radius 2 is 1.80 bits per heavy atom. The highest BCUT2D eigenvalue weighted by Crippen LogP contribution is 2.23. The van der Waals surface area contributed by atoms with Crippen LogP contribution in [0.25, 0.3) is 10.9 Å². The Hall–Kier alpha value is -3.97. The van der Waals surface area contributed by atoms with Crippen LogP contribution in [0.5, 0.6) is 0 Å². The lowest BCUT2D eigenvalue weighted by molar-refractivity contribution is -0.115. The van der Waals surface area contributed by atoms with E-state index < -0.39 is 0 Å². The standard InChI is InChI=1S/C26H21N3O/c1-18-23-11-3-4-12-25(23)28-19(2)24(18)17-26(30)29-22-10-7-8-20(16-22)13-14-21-9-5-6-15-27-21/h3-12,15-16H,17H2,1-2H3,(H,29,30). The van der Waals surface area contributed by atoms with Crippen molar-refractivity contribution in [2.75, 3.05) is 5.32 Å². The molecule has 4 rings (SSSR count). The van der Waals surface area contributed by atoms with Crippen LogP contribution in [-0.2, 0) is 11.2 Å². The molecule has 0 fully saturated rings. The van der Waals surface area contributed by atoms with E-state index in [0.29, 0.717) is 5.69 Å². The SMILES string of the molecule is Cc1nc2ccccc2c(C)c1CC(=O)Nc1cccc(C#Cc2ccccn2)c1. The number of aromatic nitrogens is 2. The molecule has 2 aromatic carbocycles. The number of fused-ring (bicyclic) bond motifs is 1. The molecule has 0 spiro atoms. The van der Waals surface area contributed by atoms with Gasteiger partial charge in [0.1, 0.15) is 5.69 Å². The molecule has 4 heteroatoms. The molecule has 0 radical (unpaired) electrons.